The molecule has 8 nitrogen and oxygen atoms in total. The average molecular weight is 422 g/mol. The van der Waals surface area contributed by atoms with Crippen LogP contribution in [0.4, 0.5) is 0 Å². The van der Waals surface area contributed by atoms with Gasteiger partial charge in [-0.15, -0.1) is 0 Å². The Balaban J connectivity index is 1.34. The molecule has 1 aromatic carbocycles. The van der Waals surface area contributed by atoms with E-state index in [-0.39, 0.29) is 17.9 Å². The standard InChI is InChI=1S/C23H26N4O4/c1-23(2,3)16-7-9-17(10-8-16)30-15-20(28)27-12-13-29-19(14-27)22-25-21(26-31-22)18-6-4-5-11-24-18/h4-11,19H,12-15H2,1-3H3/t19-/m1/s1. The van der Waals surface area contributed by atoms with Crippen LogP contribution in [0.5, 0.6) is 5.75 Å². The lowest BCUT2D eigenvalue weighted by atomic mass is 9.87. The van der Waals surface area contributed by atoms with E-state index in [4.69, 9.17) is 14.0 Å². The van der Waals surface area contributed by atoms with Crippen LogP contribution in [0.3, 0.4) is 0 Å². The predicted molar refractivity (Wildman–Crippen MR) is 113 cm³/mol. The number of hydrogen-bond donors (Lipinski definition) is 0. The highest BCUT2D eigenvalue weighted by atomic mass is 16.5. The summed E-state index contributed by atoms with van der Waals surface area (Å²) in [4.78, 5) is 23.0. The van der Waals surface area contributed by atoms with Crippen molar-refractivity contribution in [2.75, 3.05) is 26.3 Å². The molecule has 0 spiro atoms. The monoisotopic (exact) mass is 422 g/mol. The number of rotatable bonds is 5. The van der Waals surface area contributed by atoms with Gasteiger partial charge < -0.3 is 18.9 Å². The molecule has 0 saturated carbocycles. The maximum absolute atomic E-state index is 12.7. The van der Waals surface area contributed by atoms with Gasteiger partial charge in [-0.2, -0.15) is 4.98 Å². The Morgan fingerprint density at radius 2 is 2.00 bits per heavy atom. The van der Waals surface area contributed by atoms with Crippen LogP contribution in [0.25, 0.3) is 11.5 Å². The molecule has 0 unspecified atom stereocenters. The maximum Gasteiger partial charge on any atom is 0.260 e. The Morgan fingerprint density at radius 3 is 2.71 bits per heavy atom. The van der Waals surface area contributed by atoms with Gasteiger partial charge in [0.05, 0.1) is 13.2 Å². The second-order valence-electron chi connectivity index (χ2n) is 8.43. The van der Waals surface area contributed by atoms with Crippen molar-refractivity contribution >= 4 is 5.91 Å². The number of aromatic nitrogens is 3. The van der Waals surface area contributed by atoms with Crippen molar-refractivity contribution in [1.82, 2.24) is 20.0 Å². The van der Waals surface area contributed by atoms with E-state index in [1.807, 2.05) is 36.4 Å². The van der Waals surface area contributed by atoms with E-state index in [9.17, 15) is 4.79 Å². The number of carbonyl (C=O) groups is 1. The Bertz CT molecular complexity index is 1010. The molecular formula is C23H26N4O4. The van der Waals surface area contributed by atoms with Gasteiger partial charge in [0.2, 0.25) is 5.82 Å². The van der Waals surface area contributed by atoms with Crippen LogP contribution in [0.1, 0.15) is 38.3 Å². The van der Waals surface area contributed by atoms with E-state index < -0.39 is 6.10 Å². The molecule has 1 saturated heterocycles. The molecule has 0 bridgehead atoms. The molecule has 1 amide bonds. The molecular weight excluding hydrogens is 396 g/mol. The lowest BCUT2D eigenvalue weighted by Crippen LogP contribution is -2.44. The third kappa shape index (κ3) is 5.08. The second kappa shape index (κ2) is 8.85. The van der Waals surface area contributed by atoms with Crippen LogP contribution < -0.4 is 4.74 Å². The fourth-order valence-corrected chi connectivity index (χ4v) is 3.28. The third-order valence-corrected chi connectivity index (χ3v) is 5.11. The number of pyridine rings is 1. The minimum Gasteiger partial charge on any atom is -0.484 e. The van der Waals surface area contributed by atoms with E-state index in [1.165, 1.54) is 5.56 Å². The Morgan fingerprint density at radius 1 is 1.19 bits per heavy atom. The predicted octanol–water partition coefficient (Wildman–Crippen LogP) is 3.41. The molecule has 8 heteroatoms. The van der Waals surface area contributed by atoms with Gasteiger partial charge in [-0.05, 0) is 35.2 Å². The summed E-state index contributed by atoms with van der Waals surface area (Å²) >= 11 is 0. The van der Waals surface area contributed by atoms with Gasteiger partial charge in [0.25, 0.3) is 11.8 Å². The van der Waals surface area contributed by atoms with Crippen LogP contribution >= 0.6 is 0 Å². The van der Waals surface area contributed by atoms with Gasteiger partial charge in [0.15, 0.2) is 12.7 Å². The number of ether oxygens (including phenoxy) is 2. The summed E-state index contributed by atoms with van der Waals surface area (Å²) < 4.78 is 16.8. The summed E-state index contributed by atoms with van der Waals surface area (Å²) in [5.74, 6) is 1.28. The molecule has 3 heterocycles. The number of carbonyl (C=O) groups excluding carboxylic acids is 1. The first-order valence-corrected chi connectivity index (χ1v) is 10.3. The first-order chi connectivity index (χ1) is 14.9. The smallest absolute Gasteiger partial charge is 0.260 e. The Kier molecular flexibility index (Phi) is 5.99. The van der Waals surface area contributed by atoms with Crippen molar-refractivity contribution in [1.29, 1.82) is 0 Å². The Hall–Kier alpha value is -3.26. The van der Waals surface area contributed by atoms with Gasteiger partial charge >= 0.3 is 0 Å². The van der Waals surface area contributed by atoms with E-state index in [0.29, 0.717) is 42.9 Å². The van der Waals surface area contributed by atoms with E-state index in [2.05, 4.69) is 35.9 Å². The van der Waals surface area contributed by atoms with Crippen LogP contribution in [-0.2, 0) is 14.9 Å². The highest BCUT2D eigenvalue weighted by Crippen LogP contribution is 2.25. The fourth-order valence-electron chi connectivity index (χ4n) is 3.28. The fraction of sp³-hybridized carbons (Fsp3) is 0.391. The van der Waals surface area contributed by atoms with Gasteiger partial charge in [-0.1, -0.05) is 44.1 Å². The van der Waals surface area contributed by atoms with Crippen LogP contribution in [0.15, 0.2) is 53.2 Å². The van der Waals surface area contributed by atoms with Gasteiger partial charge in [0.1, 0.15) is 11.4 Å². The molecule has 3 aromatic rings. The zero-order valence-corrected chi connectivity index (χ0v) is 17.9. The summed E-state index contributed by atoms with van der Waals surface area (Å²) in [6.45, 7) is 7.64. The average Bonchev–Trinajstić information content (AvgIpc) is 3.28. The summed E-state index contributed by atoms with van der Waals surface area (Å²) in [6.07, 6.45) is 1.19. The lowest BCUT2D eigenvalue weighted by molar-refractivity contribution is -0.142. The molecule has 0 aliphatic carbocycles. The normalized spacial score (nSPS) is 16.9. The molecule has 0 N–H and O–H groups in total. The largest absolute Gasteiger partial charge is 0.484 e. The maximum atomic E-state index is 12.7. The number of hydrogen-bond acceptors (Lipinski definition) is 7. The first-order valence-electron chi connectivity index (χ1n) is 10.3. The van der Waals surface area contributed by atoms with E-state index in [0.717, 1.165) is 0 Å². The van der Waals surface area contributed by atoms with Crippen molar-refractivity contribution in [2.24, 2.45) is 0 Å². The minimum absolute atomic E-state index is 0.0371. The van der Waals surface area contributed by atoms with Crippen molar-refractivity contribution in [2.45, 2.75) is 32.3 Å². The minimum atomic E-state index is -0.478. The van der Waals surface area contributed by atoms with Crippen molar-refractivity contribution in [3.63, 3.8) is 0 Å². The molecule has 162 valence electrons. The quantitative estimate of drug-likeness (QED) is 0.622. The lowest BCUT2D eigenvalue weighted by Gasteiger charge is -2.31. The topological polar surface area (TPSA) is 90.6 Å². The third-order valence-electron chi connectivity index (χ3n) is 5.11. The van der Waals surface area contributed by atoms with Crippen molar-refractivity contribution in [3.8, 4) is 17.3 Å². The van der Waals surface area contributed by atoms with Crippen molar-refractivity contribution in [3.05, 3.63) is 60.1 Å². The highest BCUT2D eigenvalue weighted by molar-refractivity contribution is 5.78. The summed E-state index contributed by atoms with van der Waals surface area (Å²) in [5, 5.41) is 3.98. The highest BCUT2D eigenvalue weighted by Gasteiger charge is 2.30. The van der Waals surface area contributed by atoms with Gasteiger partial charge in [0, 0.05) is 12.7 Å². The number of morpholine rings is 1. The van der Waals surface area contributed by atoms with Crippen LogP contribution in [-0.4, -0.2) is 52.2 Å². The van der Waals surface area contributed by atoms with Crippen LogP contribution in [0.2, 0.25) is 0 Å². The molecule has 1 fully saturated rings. The van der Waals surface area contributed by atoms with Crippen LogP contribution in [0, 0.1) is 0 Å². The second-order valence-corrected chi connectivity index (χ2v) is 8.43. The first kappa shape index (κ1) is 21.0. The van der Waals surface area contributed by atoms with Gasteiger partial charge in [-0.3, -0.25) is 9.78 Å². The number of benzene rings is 1. The molecule has 31 heavy (non-hydrogen) atoms. The molecule has 0 radical (unpaired) electrons. The molecule has 4 rings (SSSR count). The number of amides is 1. The summed E-state index contributed by atoms with van der Waals surface area (Å²) in [5.41, 5.74) is 1.90. The number of nitrogens with zero attached hydrogens (tertiary/aromatic N) is 4. The molecule has 1 aliphatic rings. The molecule has 1 aliphatic heterocycles. The Labute approximate surface area is 181 Å². The molecule has 2 aromatic heterocycles. The SMILES string of the molecule is CC(C)(C)c1ccc(OCC(=O)N2CCO[C@@H](c3nc(-c4ccccn4)no3)C2)cc1. The summed E-state index contributed by atoms with van der Waals surface area (Å²) in [7, 11) is 0. The van der Waals surface area contributed by atoms with E-state index in [1.54, 1.807) is 17.2 Å². The van der Waals surface area contributed by atoms with E-state index >= 15 is 0 Å². The summed E-state index contributed by atoms with van der Waals surface area (Å²) in [6, 6.07) is 13.3. The zero-order valence-electron chi connectivity index (χ0n) is 17.9. The molecule has 1 atom stereocenters. The zero-order chi connectivity index (χ0) is 21.8. The van der Waals surface area contributed by atoms with Crippen molar-refractivity contribution < 1.29 is 18.8 Å². The van der Waals surface area contributed by atoms with Gasteiger partial charge in [-0.25, -0.2) is 0 Å².